The van der Waals surface area contributed by atoms with Gasteiger partial charge in [0.1, 0.15) is 0 Å². The highest BCUT2D eigenvalue weighted by Gasteiger charge is 2.25. The molecule has 1 saturated carbocycles. The average molecular weight is 487 g/mol. The highest BCUT2D eigenvalue weighted by molar-refractivity contribution is 5.84. The summed E-state index contributed by atoms with van der Waals surface area (Å²) in [5, 5.41) is 5.92. The maximum atomic E-state index is 6.13. The van der Waals surface area contributed by atoms with Crippen molar-refractivity contribution in [3.63, 3.8) is 0 Å². The number of nitrogens with two attached hydrogens (primary N) is 1. The quantitative estimate of drug-likeness (QED) is 0.417. The van der Waals surface area contributed by atoms with Gasteiger partial charge in [0.2, 0.25) is 5.95 Å². The lowest BCUT2D eigenvalue weighted by Crippen LogP contribution is -2.39. The van der Waals surface area contributed by atoms with Crippen molar-refractivity contribution in [2.45, 2.75) is 75.9 Å². The third kappa shape index (κ3) is 5.25. The molecule has 1 saturated heterocycles. The van der Waals surface area contributed by atoms with E-state index in [9.17, 15) is 0 Å². The van der Waals surface area contributed by atoms with Crippen LogP contribution in [0.4, 0.5) is 11.8 Å². The summed E-state index contributed by atoms with van der Waals surface area (Å²) in [6.07, 6.45) is 16.4. The second kappa shape index (κ2) is 10.6. The first-order valence-electron chi connectivity index (χ1n) is 13.7. The third-order valence-corrected chi connectivity index (χ3v) is 8.12. The molecule has 190 valence electrons. The zero-order valence-corrected chi connectivity index (χ0v) is 21.0. The molecule has 2 aliphatic carbocycles. The van der Waals surface area contributed by atoms with Gasteiger partial charge in [-0.2, -0.15) is 9.97 Å². The van der Waals surface area contributed by atoms with Gasteiger partial charge in [-0.05, 0) is 69.3 Å². The Kier molecular flexibility index (Phi) is 6.88. The Labute approximate surface area is 213 Å². The first-order chi connectivity index (χ1) is 17.7. The van der Waals surface area contributed by atoms with Crippen molar-refractivity contribution in [1.29, 1.82) is 0 Å². The number of imidazole rings is 1. The lowest BCUT2D eigenvalue weighted by atomic mass is 9.91. The summed E-state index contributed by atoms with van der Waals surface area (Å²) < 4.78 is 2.21. The summed E-state index contributed by atoms with van der Waals surface area (Å²) in [6.45, 7) is 2.00. The maximum absolute atomic E-state index is 6.13. The van der Waals surface area contributed by atoms with E-state index < -0.39 is 0 Å². The molecule has 8 nitrogen and oxygen atoms in total. The molecule has 1 unspecified atom stereocenters. The number of nitrogens with zero attached hydrogens (tertiary/aromatic N) is 5. The van der Waals surface area contributed by atoms with Crippen molar-refractivity contribution in [2.24, 2.45) is 11.7 Å². The second-order valence-electron chi connectivity index (χ2n) is 10.8. The number of fused-ring (bicyclic) bond motifs is 1. The molecule has 1 atom stereocenters. The lowest BCUT2D eigenvalue weighted by molar-refractivity contribution is 0.216. The van der Waals surface area contributed by atoms with E-state index in [1.807, 2.05) is 6.33 Å². The number of aromatic nitrogens is 4. The van der Waals surface area contributed by atoms with E-state index in [-0.39, 0.29) is 0 Å². The maximum Gasteiger partial charge on any atom is 0.227 e. The van der Waals surface area contributed by atoms with Crippen LogP contribution in [0.3, 0.4) is 0 Å². The van der Waals surface area contributed by atoms with Gasteiger partial charge in [-0.15, -0.1) is 0 Å². The molecule has 2 aromatic heterocycles. The van der Waals surface area contributed by atoms with Crippen LogP contribution in [-0.2, 0) is 6.42 Å². The Balaban J connectivity index is 1.19. The fraction of sp³-hybridized carbons (Fsp3) is 0.536. The number of nitrogens with one attached hydrogen (secondary N) is 2. The van der Waals surface area contributed by atoms with Gasteiger partial charge in [0, 0.05) is 25.2 Å². The number of hydrazine groups is 1. The van der Waals surface area contributed by atoms with Crippen LogP contribution in [0.15, 0.2) is 48.8 Å². The minimum atomic E-state index is 0.312. The van der Waals surface area contributed by atoms with E-state index >= 15 is 0 Å². The highest BCUT2D eigenvalue weighted by Crippen LogP contribution is 2.30. The first kappa shape index (κ1) is 23.4. The van der Waals surface area contributed by atoms with Crippen molar-refractivity contribution in [3.8, 4) is 0 Å². The molecule has 3 aliphatic rings. The summed E-state index contributed by atoms with van der Waals surface area (Å²) in [6, 6.07) is 11.9. The Morgan fingerprint density at radius 1 is 0.944 bits per heavy atom. The number of anilines is 2. The molecule has 0 radical (unpaired) electrons. The smallest absolute Gasteiger partial charge is 0.227 e. The molecule has 36 heavy (non-hydrogen) atoms. The van der Waals surface area contributed by atoms with Crippen LogP contribution in [0.2, 0.25) is 0 Å². The number of allylic oxidation sites excluding steroid dienone is 2. The first-order valence-corrected chi connectivity index (χ1v) is 13.7. The van der Waals surface area contributed by atoms with Gasteiger partial charge in [-0.3, -0.25) is 0 Å². The monoisotopic (exact) mass is 486 g/mol. The summed E-state index contributed by atoms with van der Waals surface area (Å²) in [5.41, 5.74) is 12.9. The number of piperidine rings is 1. The van der Waals surface area contributed by atoms with Crippen LogP contribution in [-0.4, -0.2) is 49.7 Å². The van der Waals surface area contributed by atoms with Crippen LogP contribution in [0.5, 0.6) is 0 Å². The van der Waals surface area contributed by atoms with Crippen molar-refractivity contribution < 1.29 is 0 Å². The summed E-state index contributed by atoms with van der Waals surface area (Å²) >= 11 is 0. The molecule has 3 heterocycles. The molecule has 0 bridgehead atoms. The van der Waals surface area contributed by atoms with Gasteiger partial charge in [-0.25, -0.2) is 9.99 Å². The van der Waals surface area contributed by atoms with Gasteiger partial charge < -0.3 is 21.0 Å². The molecular weight excluding hydrogens is 448 g/mol. The van der Waals surface area contributed by atoms with E-state index in [0.29, 0.717) is 24.1 Å². The Hall–Kier alpha value is -2.97. The molecular formula is C28H38N8. The van der Waals surface area contributed by atoms with Crippen LogP contribution >= 0.6 is 0 Å². The fourth-order valence-electron chi connectivity index (χ4n) is 5.94. The largest absolute Gasteiger partial charge is 0.351 e. The fourth-order valence-corrected chi connectivity index (χ4v) is 5.94. The van der Waals surface area contributed by atoms with Crippen molar-refractivity contribution >= 4 is 22.9 Å². The number of hydrogen-bond donors (Lipinski definition) is 3. The second-order valence-corrected chi connectivity index (χ2v) is 10.8. The number of benzene rings is 1. The highest BCUT2D eigenvalue weighted by atomic mass is 15.5. The lowest BCUT2D eigenvalue weighted by Gasteiger charge is -2.32. The van der Waals surface area contributed by atoms with Crippen molar-refractivity contribution in [2.75, 3.05) is 23.8 Å². The molecule has 1 aromatic carbocycles. The van der Waals surface area contributed by atoms with E-state index in [0.717, 1.165) is 80.9 Å². The Morgan fingerprint density at radius 3 is 2.50 bits per heavy atom. The van der Waals surface area contributed by atoms with Crippen LogP contribution < -0.4 is 16.5 Å². The standard InChI is InChI=1S/C28H38N8/c29-22-10-12-23(13-11-22)31-28-32-26(25-27(33-28)36(19-30-25)24-8-4-5-9-24)34-35-16-14-21(15-17-35)18-20-6-2-1-3-7-20/h1-4,6-8,19,21-24H,5,9-18,29H2,(H2,31,32,33,34). The predicted molar refractivity (Wildman–Crippen MR) is 145 cm³/mol. The zero-order chi connectivity index (χ0) is 24.3. The van der Waals surface area contributed by atoms with Gasteiger partial charge in [0.15, 0.2) is 17.0 Å². The topological polar surface area (TPSA) is 96.9 Å². The van der Waals surface area contributed by atoms with E-state index in [2.05, 4.69) is 62.8 Å². The molecule has 3 aromatic rings. The summed E-state index contributed by atoms with van der Waals surface area (Å²) in [5.74, 6) is 2.21. The minimum Gasteiger partial charge on any atom is -0.351 e. The van der Waals surface area contributed by atoms with Gasteiger partial charge in [0.05, 0.1) is 12.4 Å². The molecule has 1 aliphatic heterocycles. The van der Waals surface area contributed by atoms with Gasteiger partial charge >= 0.3 is 0 Å². The van der Waals surface area contributed by atoms with Crippen molar-refractivity contribution in [1.82, 2.24) is 24.5 Å². The molecule has 0 amide bonds. The number of hydrogen-bond acceptors (Lipinski definition) is 7. The molecule has 6 rings (SSSR count). The molecule has 0 spiro atoms. The molecule has 4 N–H and O–H groups in total. The van der Waals surface area contributed by atoms with E-state index in [1.54, 1.807) is 0 Å². The van der Waals surface area contributed by atoms with Gasteiger partial charge in [0.25, 0.3) is 0 Å². The molecule has 2 fully saturated rings. The van der Waals surface area contributed by atoms with E-state index in [4.69, 9.17) is 20.7 Å². The van der Waals surface area contributed by atoms with Gasteiger partial charge in [-0.1, -0.05) is 42.5 Å². The van der Waals surface area contributed by atoms with Crippen LogP contribution in [0, 0.1) is 5.92 Å². The van der Waals surface area contributed by atoms with Crippen molar-refractivity contribution in [3.05, 3.63) is 54.4 Å². The minimum absolute atomic E-state index is 0.312. The molecule has 8 heteroatoms. The van der Waals surface area contributed by atoms with Crippen LogP contribution in [0.1, 0.15) is 63.0 Å². The zero-order valence-electron chi connectivity index (χ0n) is 21.0. The predicted octanol–water partition coefficient (Wildman–Crippen LogP) is 4.68. The van der Waals surface area contributed by atoms with E-state index in [1.165, 1.54) is 18.4 Å². The third-order valence-electron chi connectivity index (χ3n) is 8.12. The normalized spacial score (nSPS) is 25.4. The Bertz CT molecular complexity index is 1170. The number of rotatable bonds is 7. The SMILES string of the molecule is NC1CCC(Nc2nc(NN3CCC(Cc4ccccc4)CC3)c3ncn(C4C=CCC4)c3n2)CC1. The average Bonchev–Trinajstić information content (AvgIpc) is 3.58. The van der Waals surface area contributed by atoms with Crippen LogP contribution in [0.25, 0.3) is 11.2 Å². The Morgan fingerprint density at radius 2 is 1.75 bits per heavy atom. The summed E-state index contributed by atoms with van der Waals surface area (Å²) in [4.78, 5) is 14.7. The summed E-state index contributed by atoms with van der Waals surface area (Å²) in [7, 11) is 0.